The average molecular weight is 411 g/mol. The van der Waals surface area contributed by atoms with Crippen LogP contribution in [0.25, 0.3) is 5.76 Å². The fourth-order valence-electron chi connectivity index (χ4n) is 4.08. The largest absolute Gasteiger partial charge is 0.507 e. The summed E-state index contributed by atoms with van der Waals surface area (Å²) in [6, 6.07) is 8.14. The summed E-state index contributed by atoms with van der Waals surface area (Å²) in [4.78, 5) is 28.5. The van der Waals surface area contributed by atoms with Gasteiger partial charge in [-0.3, -0.25) is 9.59 Å². The number of hydrogen-bond acceptors (Lipinski definition) is 5. The molecule has 1 fully saturated rings. The van der Waals surface area contributed by atoms with Gasteiger partial charge in [0.15, 0.2) is 0 Å². The SMILES string of the molecule is Cc1ccc([C@@H]2C(=C(O)c3ccc4c(c3)C[C@H](C)O4)C(=O)C(=O)N2CC[NH+](C)C)o1. The Morgan fingerprint density at radius 1 is 1.23 bits per heavy atom. The molecule has 7 nitrogen and oxygen atoms in total. The number of hydrogen-bond donors (Lipinski definition) is 2. The Bertz CT molecular complexity index is 1040. The molecule has 0 radical (unpaired) electrons. The lowest BCUT2D eigenvalue weighted by atomic mass is 9.97. The topological polar surface area (TPSA) is 84.4 Å². The number of amides is 1. The quantitative estimate of drug-likeness (QED) is 0.442. The van der Waals surface area contributed by atoms with E-state index in [9.17, 15) is 14.7 Å². The summed E-state index contributed by atoms with van der Waals surface area (Å²) < 4.78 is 11.5. The van der Waals surface area contributed by atoms with Crippen molar-refractivity contribution < 1.29 is 28.7 Å². The van der Waals surface area contributed by atoms with Crippen LogP contribution in [-0.2, 0) is 16.0 Å². The van der Waals surface area contributed by atoms with Gasteiger partial charge in [0.25, 0.3) is 11.7 Å². The van der Waals surface area contributed by atoms with Crippen molar-refractivity contribution in [1.82, 2.24) is 4.90 Å². The van der Waals surface area contributed by atoms with E-state index in [0.717, 1.165) is 22.6 Å². The number of rotatable bonds is 5. The van der Waals surface area contributed by atoms with Crippen LogP contribution >= 0.6 is 0 Å². The highest BCUT2D eigenvalue weighted by atomic mass is 16.5. The molecule has 0 unspecified atom stereocenters. The van der Waals surface area contributed by atoms with Crippen molar-refractivity contribution in [2.75, 3.05) is 27.2 Å². The number of ether oxygens (including phenoxy) is 1. The predicted octanol–water partition coefficient (Wildman–Crippen LogP) is 1.48. The minimum Gasteiger partial charge on any atom is -0.507 e. The average Bonchev–Trinajstić information content (AvgIpc) is 3.35. The lowest BCUT2D eigenvalue weighted by Crippen LogP contribution is -3.06. The first-order chi connectivity index (χ1) is 14.3. The molecule has 1 saturated heterocycles. The van der Waals surface area contributed by atoms with E-state index in [0.29, 0.717) is 30.2 Å². The Morgan fingerprint density at radius 2 is 2.00 bits per heavy atom. The van der Waals surface area contributed by atoms with E-state index in [1.54, 1.807) is 31.2 Å². The molecule has 0 bridgehead atoms. The lowest BCUT2D eigenvalue weighted by molar-refractivity contribution is -0.857. The van der Waals surface area contributed by atoms with E-state index < -0.39 is 17.7 Å². The zero-order chi connectivity index (χ0) is 21.6. The molecule has 4 rings (SSSR count). The summed E-state index contributed by atoms with van der Waals surface area (Å²) in [5.41, 5.74) is 1.54. The van der Waals surface area contributed by atoms with Crippen LogP contribution in [0.4, 0.5) is 0 Å². The van der Waals surface area contributed by atoms with Gasteiger partial charge in [-0.05, 0) is 49.7 Å². The molecule has 2 N–H and O–H groups in total. The first-order valence-electron chi connectivity index (χ1n) is 10.2. The molecule has 2 aromatic rings. The van der Waals surface area contributed by atoms with E-state index in [2.05, 4.69) is 0 Å². The first-order valence-corrected chi connectivity index (χ1v) is 10.2. The number of fused-ring (bicyclic) bond motifs is 1. The standard InChI is InChI=1S/C23H26N2O5/c1-13-5-7-18(29-13)20-19(22(27)23(28)25(20)10-9-24(3)4)21(26)15-6-8-17-16(12-15)11-14(2)30-17/h5-8,12,14,20,26H,9-11H2,1-4H3/p+1/t14-,20+/m0/s1. The molecule has 2 atom stereocenters. The number of aryl methyl sites for hydroxylation is 1. The van der Waals surface area contributed by atoms with Crippen molar-refractivity contribution in [3.8, 4) is 5.75 Å². The minimum absolute atomic E-state index is 0.0648. The molecule has 158 valence electrons. The van der Waals surface area contributed by atoms with E-state index >= 15 is 0 Å². The molecule has 2 aliphatic heterocycles. The van der Waals surface area contributed by atoms with Crippen molar-refractivity contribution in [2.45, 2.75) is 32.4 Å². The van der Waals surface area contributed by atoms with Crippen molar-refractivity contribution in [3.63, 3.8) is 0 Å². The molecule has 2 aliphatic rings. The molecule has 1 aromatic carbocycles. The molecule has 0 aliphatic carbocycles. The van der Waals surface area contributed by atoms with Gasteiger partial charge in [0.1, 0.15) is 35.2 Å². The highest BCUT2D eigenvalue weighted by Crippen LogP contribution is 2.40. The number of Topliss-reactive ketones (excluding diaryl/α,β-unsaturated/α-hetero) is 1. The third kappa shape index (κ3) is 3.50. The number of nitrogens with zero attached hydrogens (tertiary/aromatic N) is 1. The normalized spacial score (nSPS) is 22.6. The Kier molecular flexibility index (Phi) is 5.15. The van der Waals surface area contributed by atoms with Crippen molar-refractivity contribution in [1.29, 1.82) is 0 Å². The molecule has 0 saturated carbocycles. The number of furan rings is 1. The number of carbonyl (C=O) groups is 2. The molecule has 3 heterocycles. The van der Waals surface area contributed by atoms with Crippen LogP contribution in [0.3, 0.4) is 0 Å². The smallest absolute Gasteiger partial charge is 0.295 e. The van der Waals surface area contributed by atoms with E-state index in [1.807, 2.05) is 27.1 Å². The second kappa shape index (κ2) is 7.65. The van der Waals surface area contributed by atoms with Crippen LogP contribution in [0.15, 0.2) is 40.3 Å². The summed E-state index contributed by atoms with van der Waals surface area (Å²) in [6.07, 6.45) is 0.805. The highest BCUT2D eigenvalue weighted by molar-refractivity contribution is 6.46. The van der Waals surface area contributed by atoms with E-state index in [4.69, 9.17) is 9.15 Å². The van der Waals surface area contributed by atoms with Crippen molar-refractivity contribution >= 4 is 17.4 Å². The number of likely N-dealkylation sites (tertiary alicyclic amines) is 1. The zero-order valence-electron chi connectivity index (χ0n) is 17.7. The third-order valence-electron chi connectivity index (χ3n) is 5.59. The summed E-state index contributed by atoms with van der Waals surface area (Å²) >= 11 is 0. The van der Waals surface area contributed by atoms with Gasteiger partial charge < -0.3 is 24.1 Å². The number of quaternary nitrogens is 1. The van der Waals surface area contributed by atoms with Crippen LogP contribution in [0.2, 0.25) is 0 Å². The van der Waals surface area contributed by atoms with E-state index in [-0.39, 0.29) is 17.4 Å². The molecule has 0 spiro atoms. The number of ketones is 1. The Balaban J connectivity index is 1.80. The van der Waals surface area contributed by atoms with Gasteiger partial charge in [-0.2, -0.15) is 0 Å². The number of aliphatic hydroxyl groups excluding tert-OH is 1. The lowest BCUT2D eigenvalue weighted by Gasteiger charge is -2.23. The third-order valence-corrected chi connectivity index (χ3v) is 5.59. The fraction of sp³-hybridized carbons (Fsp3) is 0.391. The maximum absolute atomic E-state index is 13.0. The summed E-state index contributed by atoms with van der Waals surface area (Å²) in [5.74, 6) is 0.444. The van der Waals surface area contributed by atoms with E-state index in [1.165, 1.54) is 4.90 Å². The van der Waals surface area contributed by atoms with Crippen molar-refractivity contribution in [2.24, 2.45) is 0 Å². The summed E-state index contributed by atoms with van der Waals surface area (Å²) in [6.45, 7) is 4.83. The molecule has 7 heteroatoms. The van der Waals surface area contributed by atoms with Gasteiger partial charge in [0.2, 0.25) is 0 Å². The first kappa shape index (κ1) is 20.2. The fourth-order valence-corrected chi connectivity index (χ4v) is 4.08. The number of nitrogens with one attached hydrogen (secondary N) is 1. The molecule has 1 aromatic heterocycles. The van der Waals surface area contributed by atoms with Crippen LogP contribution in [0.5, 0.6) is 5.75 Å². The van der Waals surface area contributed by atoms with Gasteiger partial charge in [-0.1, -0.05) is 0 Å². The molecule has 30 heavy (non-hydrogen) atoms. The minimum atomic E-state index is -0.749. The van der Waals surface area contributed by atoms with Crippen LogP contribution in [0.1, 0.15) is 35.6 Å². The highest BCUT2D eigenvalue weighted by Gasteiger charge is 2.47. The monoisotopic (exact) mass is 411 g/mol. The Morgan fingerprint density at radius 3 is 2.67 bits per heavy atom. The van der Waals surface area contributed by atoms with Gasteiger partial charge in [-0.15, -0.1) is 0 Å². The molecular formula is C23H27N2O5+. The van der Waals surface area contributed by atoms with Gasteiger partial charge in [0, 0.05) is 12.0 Å². The Labute approximate surface area is 175 Å². The second-order valence-electron chi connectivity index (χ2n) is 8.35. The zero-order valence-corrected chi connectivity index (χ0v) is 17.7. The number of benzene rings is 1. The van der Waals surface area contributed by atoms with Crippen LogP contribution in [-0.4, -0.2) is 55.0 Å². The maximum atomic E-state index is 13.0. The number of carbonyl (C=O) groups excluding carboxylic acids is 2. The van der Waals surface area contributed by atoms with Gasteiger partial charge >= 0.3 is 0 Å². The number of likely N-dealkylation sites (N-methyl/N-ethyl adjacent to an activating group) is 1. The van der Waals surface area contributed by atoms with Crippen LogP contribution in [0, 0.1) is 6.92 Å². The molecular weight excluding hydrogens is 384 g/mol. The summed E-state index contributed by atoms with van der Waals surface area (Å²) in [5, 5.41) is 11.1. The van der Waals surface area contributed by atoms with Gasteiger partial charge in [0.05, 0.1) is 32.8 Å². The maximum Gasteiger partial charge on any atom is 0.295 e. The second-order valence-corrected chi connectivity index (χ2v) is 8.35. The Hall–Kier alpha value is -3.06. The van der Waals surface area contributed by atoms with Gasteiger partial charge in [-0.25, -0.2) is 0 Å². The number of aliphatic hydroxyl groups is 1. The van der Waals surface area contributed by atoms with Crippen LogP contribution < -0.4 is 9.64 Å². The summed E-state index contributed by atoms with van der Waals surface area (Å²) in [7, 11) is 3.96. The molecule has 1 amide bonds. The predicted molar refractivity (Wildman–Crippen MR) is 110 cm³/mol. The van der Waals surface area contributed by atoms with Crippen molar-refractivity contribution in [3.05, 3.63) is 58.6 Å².